The van der Waals surface area contributed by atoms with Crippen molar-refractivity contribution in [3.05, 3.63) is 41.1 Å². The second-order valence-electron chi connectivity index (χ2n) is 6.67. The van der Waals surface area contributed by atoms with E-state index in [2.05, 4.69) is 10.2 Å². The lowest BCUT2D eigenvalue weighted by Gasteiger charge is -2.29. The molecule has 138 valence electrons. The normalized spacial score (nSPS) is 20.3. The van der Waals surface area contributed by atoms with Crippen LogP contribution in [0.4, 0.5) is 13.2 Å². The first-order chi connectivity index (χ1) is 12.4. The number of nitrogens with one attached hydrogen (secondary N) is 1. The second kappa shape index (κ2) is 6.42. The average molecular weight is 365 g/mol. The summed E-state index contributed by atoms with van der Waals surface area (Å²) in [5, 5.41) is 7.25. The van der Waals surface area contributed by atoms with Gasteiger partial charge in [-0.3, -0.25) is 9.89 Å². The number of ether oxygens (including phenoxy) is 1. The molecule has 0 spiro atoms. The van der Waals surface area contributed by atoms with Crippen LogP contribution in [0.1, 0.15) is 23.2 Å². The van der Waals surface area contributed by atoms with E-state index >= 15 is 0 Å². The zero-order chi connectivity index (χ0) is 18.3. The SMILES string of the molecule is O=C(C1CCOC1)N1CCc2[nH]nc(-c3ccc(C(F)(F)F)cc3)c2C1. The number of nitrogens with zero attached hydrogens (tertiary/aromatic N) is 2. The monoisotopic (exact) mass is 365 g/mol. The lowest BCUT2D eigenvalue weighted by molar-refractivity contribution is -0.138. The Kier molecular flexibility index (Phi) is 4.22. The van der Waals surface area contributed by atoms with Crippen molar-refractivity contribution in [3.8, 4) is 11.3 Å². The van der Waals surface area contributed by atoms with Crippen LogP contribution in [0.25, 0.3) is 11.3 Å². The quantitative estimate of drug-likeness (QED) is 0.890. The summed E-state index contributed by atoms with van der Waals surface area (Å²) in [5.41, 5.74) is 2.33. The van der Waals surface area contributed by atoms with E-state index < -0.39 is 11.7 Å². The fourth-order valence-electron chi connectivity index (χ4n) is 3.53. The van der Waals surface area contributed by atoms with Crippen LogP contribution in [0.2, 0.25) is 0 Å². The summed E-state index contributed by atoms with van der Waals surface area (Å²) >= 11 is 0. The molecule has 0 saturated carbocycles. The van der Waals surface area contributed by atoms with Crippen LogP contribution in [-0.4, -0.2) is 40.8 Å². The van der Waals surface area contributed by atoms with Gasteiger partial charge in [-0.05, 0) is 18.6 Å². The summed E-state index contributed by atoms with van der Waals surface area (Å²) in [4.78, 5) is 14.4. The number of fused-ring (bicyclic) bond motifs is 1. The summed E-state index contributed by atoms with van der Waals surface area (Å²) < 4.78 is 43.5. The van der Waals surface area contributed by atoms with Crippen LogP contribution in [0, 0.1) is 5.92 Å². The van der Waals surface area contributed by atoms with Gasteiger partial charge >= 0.3 is 6.18 Å². The number of alkyl halides is 3. The number of aromatic amines is 1. The Balaban J connectivity index is 1.58. The molecule has 0 bridgehead atoms. The molecule has 1 aromatic carbocycles. The molecule has 2 aliphatic rings. The van der Waals surface area contributed by atoms with E-state index in [1.807, 2.05) is 0 Å². The number of hydrogen-bond donors (Lipinski definition) is 1. The number of amides is 1. The third kappa shape index (κ3) is 3.09. The van der Waals surface area contributed by atoms with Crippen molar-refractivity contribution in [1.29, 1.82) is 0 Å². The highest BCUT2D eigenvalue weighted by atomic mass is 19.4. The third-order valence-electron chi connectivity index (χ3n) is 5.01. The molecule has 0 radical (unpaired) electrons. The van der Waals surface area contributed by atoms with Gasteiger partial charge in [0.05, 0.1) is 23.8 Å². The molecule has 0 aliphatic carbocycles. The predicted octanol–water partition coefficient (Wildman–Crippen LogP) is 3.02. The van der Waals surface area contributed by atoms with E-state index in [4.69, 9.17) is 4.74 Å². The van der Waals surface area contributed by atoms with Gasteiger partial charge in [0.2, 0.25) is 5.91 Å². The van der Waals surface area contributed by atoms with E-state index in [0.717, 1.165) is 29.8 Å². The predicted molar refractivity (Wildman–Crippen MR) is 87.1 cm³/mol. The molecule has 1 saturated heterocycles. The topological polar surface area (TPSA) is 58.2 Å². The smallest absolute Gasteiger partial charge is 0.381 e. The number of carbonyl (C=O) groups is 1. The van der Waals surface area contributed by atoms with Crippen molar-refractivity contribution in [3.63, 3.8) is 0 Å². The zero-order valence-electron chi connectivity index (χ0n) is 14.0. The minimum atomic E-state index is -4.36. The van der Waals surface area contributed by atoms with Gasteiger partial charge < -0.3 is 9.64 Å². The summed E-state index contributed by atoms with van der Waals surface area (Å²) in [6.45, 7) is 2.09. The van der Waals surface area contributed by atoms with Crippen molar-refractivity contribution in [2.75, 3.05) is 19.8 Å². The summed E-state index contributed by atoms with van der Waals surface area (Å²) in [6.07, 6.45) is -2.97. The van der Waals surface area contributed by atoms with E-state index in [-0.39, 0.29) is 11.8 Å². The number of rotatable bonds is 2. The maximum atomic E-state index is 12.7. The van der Waals surface area contributed by atoms with Crippen LogP contribution in [0.15, 0.2) is 24.3 Å². The molecule has 1 fully saturated rings. The first kappa shape index (κ1) is 17.1. The molecule has 3 heterocycles. The minimum absolute atomic E-state index is 0.0766. The molecule has 1 atom stereocenters. The van der Waals surface area contributed by atoms with Gasteiger partial charge in [0.25, 0.3) is 0 Å². The summed E-state index contributed by atoms with van der Waals surface area (Å²) in [7, 11) is 0. The lowest BCUT2D eigenvalue weighted by atomic mass is 9.98. The zero-order valence-corrected chi connectivity index (χ0v) is 14.0. The van der Waals surface area contributed by atoms with E-state index in [0.29, 0.717) is 44.0 Å². The Labute approximate surface area is 148 Å². The molecule has 2 aromatic rings. The number of carbonyl (C=O) groups excluding carboxylic acids is 1. The highest BCUT2D eigenvalue weighted by molar-refractivity contribution is 5.80. The first-order valence-electron chi connectivity index (χ1n) is 8.54. The molecule has 1 aromatic heterocycles. The van der Waals surface area contributed by atoms with Gasteiger partial charge in [-0.2, -0.15) is 18.3 Å². The number of halogens is 3. The van der Waals surface area contributed by atoms with Crippen molar-refractivity contribution in [2.24, 2.45) is 5.92 Å². The maximum absolute atomic E-state index is 12.7. The number of H-pyrrole nitrogens is 1. The van der Waals surface area contributed by atoms with E-state index in [1.165, 1.54) is 12.1 Å². The fraction of sp³-hybridized carbons (Fsp3) is 0.444. The molecule has 1 unspecified atom stereocenters. The Hall–Kier alpha value is -2.35. The van der Waals surface area contributed by atoms with Crippen LogP contribution in [0.5, 0.6) is 0 Å². The van der Waals surface area contributed by atoms with Crippen molar-refractivity contribution in [2.45, 2.75) is 25.6 Å². The molecule has 26 heavy (non-hydrogen) atoms. The molecule has 1 N–H and O–H groups in total. The maximum Gasteiger partial charge on any atom is 0.416 e. The van der Waals surface area contributed by atoms with Gasteiger partial charge in [0, 0.05) is 42.9 Å². The van der Waals surface area contributed by atoms with Gasteiger partial charge in [0.15, 0.2) is 0 Å². The third-order valence-corrected chi connectivity index (χ3v) is 5.01. The molecule has 4 rings (SSSR count). The minimum Gasteiger partial charge on any atom is -0.381 e. The average Bonchev–Trinajstić information content (AvgIpc) is 3.30. The fourth-order valence-corrected chi connectivity index (χ4v) is 3.53. The van der Waals surface area contributed by atoms with Crippen molar-refractivity contribution < 1.29 is 22.7 Å². The highest BCUT2D eigenvalue weighted by Crippen LogP contribution is 2.33. The van der Waals surface area contributed by atoms with Gasteiger partial charge in [-0.25, -0.2) is 0 Å². The van der Waals surface area contributed by atoms with Crippen LogP contribution >= 0.6 is 0 Å². The molecular formula is C18H18F3N3O2. The molecule has 5 nitrogen and oxygen atoms in total. The van der Waals surface area contributed by atoms with Gasteiger partial charge in [-0.15, -0.1) is 0 Å². The molecular weight excluding hydrogens is 347 g/mol. The molecule has 2 aliphatic heterocycles. The molecule has 1 amide bonds. The van der Waals surface area contributed by atoms with Crippen LogP contribution in [0.3, 0.4) is 0 Å². The highest BCUT2D eigenvalue weighted by Gasteiger charge is 2.33. The number of hydrogen-bond acceptors (Lipinski definition) is 3. The number of aromatic nitrogens is 2. The van der Waals surface area contributed by atoms with Crippen molar-refractivity contribution in [1.82, 2.24) is 15.1 Å². The number of benzene rings is 1. The van der Waals surface area contributed by atoms with Crippen LogP contribution in [-0.2, 0) is 28.7 Å². The first-order valence-corrected chi connectivity index (χ1v) is 8.54. The Morgan fingerprint density at radius 3 is 2.69 bits per heavy atom. The van der Waals surface area contributed by atoms with Gasteiger partial charge in [0.1, 0.15) is 0 Å². The Bertz CT molecular complexity index is 808. The lowest BCUT2D eigenvalue weighted by Crippen LogP contribution is -2.40. The van der Waals surface area contributed by atoms with Crippen LogP contribution < -0.4 is 0 Å². The van der Waals surface area contributed by atoms with E-state index in [1.54, 1.807) is 4.90 Å². The second-order valence-corrected chi connectivity index (χ2v) is 6.67. The Morgan fingerprint density at radius 2 is 2.04 bits per heavy atom. The summed E-state index contributed by atoms with van der Waals surface area (Å²) in [5.74, 6) is -0.0225. The van der Waals surface area contributed by atoms with E-state index in [9.17, 15) is 18.0 Å². The van der Waals surface area contributed by atoms with Crippen molar-refractivity contribution >= 4 is 5.91 Å². The molecule has 8 heteroatoms. The Morgan fingerprint density at radius 1 is 1.27 bits per heavy atom. The largest absolute Gasteiger partial charge is 0.416 e. The standard InChI is InChI=1S/C18H18F3N3O2/c19-18(20,21)13-3-1-11(2-4-13)16-14-9-24(7-5-15(14)22-23-16)17(25)12-6-8-26-10-12/h1-4,12H,5-10H2,(H,22,23). The van der Waals surface area contributed by atoms with Gasteiger partial charge in [-0.1, -0.05) is 12.1 Å². The summed E-state index contributed by atoms with van der Waals surface area (Å²) in [6, 6.07) is 4.95.